The highest BCUT2D eigenvalue weighted by atomic mass is 32.1. The zero-order chi connectivity index (χ0) is 17.7. The maximum atomic E-state index is 5.71. The number of nitrogens with zero attached hydrogens (tertiary/aromatic N) is 2. The highest BCUT2D eigenvalue weighted by molar-refractivity contribution is 7.14. The number of benzene rings is 1. The third-order valence-corrected chi connectivity index (χ3v) is 5.06. The summed E-state index contributed by atoms with van der Waals surface area (Å²) in [6.45, 7) is 5.05. The average molecular weight is 359 g/mol. The molecular formula is C21H30N2OS. The fourth-order valence-electron chi connectivity index (χ4n) is 2.54. The largest absolute Gasteiger partial charge is 0.490 e. The predicted octanol–water partition coefficient (Wildman–Crippen LogP) is 6.45. The van der Waals surface area contributed by atoms with Gasteiger partial charge in [0.15, 0.2) is 0 Å². The van der Waals surface area contributed by atoms with E-state index in [1.54, 1.807) is 11.3 Å². The molecule has 2 rings (SSSR count). The molecule has 1 heterocycles. The Bertz CT molecular complexity index is 619. The quantitative estimate of drug-likeness (QED) is 0.323. The van der Waals surface area contributed by atoms with Crippen LogP contribution < -0.4 is 4.74 Å². The molecule has 0 saturated carbocycles. The number of hydrogen-bond donors (Lipinski definition) is 0. The van der Waals surface area contributed by atoms with Crippen LogP contribution in [0.15, 0.2) is 36.4 Å². The summed E-state index contributed by atoms with van der Waals surface area (Å²) < 4.78 is 5.71. The van der Waals surface area contributed by atoms with Crippen LogP contribution in [0.25, 0.3) is 10.6 Å². The molecule has 0 atom stereocenters. The highest BCUT2D eigenvalue weighted by Gasteiger charge is 2.07. The summed E-state index contributed by atoms with van der Waals surface area (Å²) in [5.41, 5.74) is 1.11. The Kier molecular flexibility index (Phi) is 9.27. The molecule has 0 spiro atoms. The fraction of sp³-hybridized carbons (Fsp3) is 0.524. The Morgan fingerprint density at radius 1 is 0.920 bits per heavy atom. The van der Waals surface area contributed by atoms with Gasteiger partial charge in [-0.3, -0.25) is 0 Å². The first-order chi connectivity index (χ1) is 12.3. The van der Waals surface area contributed by atoms with Crippen LogP contribution in [0, 0.1) is 0 Å². The standard InChI is InChI=1S/C21H30N2OS/c1-3-5-7-9-10-12-20-22-23-21(25-20)18-13-15-19(16-14-18)24-17-11-8-6-4-2/h8,11,13-16H,3-7,9-10,12,17H2,1-2H3/b11-8+. The monoisotopic (exact) mass is 358 g/mol. The first-order valence-corrected chi connectivity index (χ1v) is 10.4. The van der Waals surface area contributed by atoms with Crippen molar-refractivity contribution in [1.82, 2.24) is 10.2 Å². The molecule has 0 aliphatic rings. The van der Waals surface area contributed by atoms with E-state index in [-0.39, 0.29) is 0 Å². The van der Waals surface area contributed by atoms with Crippen LogP contribution in [0.3, 0.4) is 0 Å². The van der Waals surface area contributed by atoms with Crippen molar-refractivity contribution in [2.75, 3.05) is 6.61 Å². The summed E-state index contributed by atoms with van der Waals surface area (Å²) in [5.74, 6) is 0.894. The Morgan fingerprint density at radius 3 is 2.48 bits per heavy atom. The van der Waals surface area contributed by atoms with Crippen LogP contribution in [-0.4, -0.2) is 16.8 Å². The van der Waals surface area contributed by atoms with Gasteiger partial charge < -0.3 is 4.74 Å². The molecule has 0 saturated heterocycles. The zero-order valence-corrected chi connectivity index (χ0v) is 16.4. The smallest absolute Gasteiger partial charge is 0.147 e. The third kappa shape index (κ3) is 7.39. The van der Waals surface area contributed by atoms with Crippen LogP contribution in [0.2, 0.25) is 0 Å². The molecule has 0 N–H and O–H groups in total. The molecular weight excluding hydrogens is 328 g/mol. The SMILES string of the molecule is CCC/C=C/COc1ccc(-c2nnc(CCCCCCC)s2)cc1. The van der Waals surface area contributed by atoms with Gasteiger partial charge in [-0.1, -0.05) is 69.4 Å². The minimum Gasteiger partial charge on any atom is -0.490 e. The molecule has 1 aromatic carbocycles. The van der Waals surface area contributed by atoms with Crippen molar-refractivity contribution in [2.45, 2.75) is 65.2 Å². The summed E-state index contributed by atoms with van der Waals surface area (Å²) in [7, 11) is 0. The van der Waals surface area contributed by atoms with Crippen molar-refractivity contribution >= 4 is 11.3 Å². The molecule has 25 heavy (non-hydrogen) atoms. The first kappa shape index (κ1) is 19.6. The predicted molar refractivity (Wildman–Crippen MR) is 107 cm³/mol. The van der Waals surface area contributed by atoms with Crippen molar-refractivity contribution in [3.8, 4) is 16.3 Å². The van der Waals surface area contributed by atoms with Crippen LogP contribution in [0.4, 0.5) is 0 Å². The van der Waals surface area contributed by atoms with Gasteiger partial charge in [0.2, 0.25) is 0 Å². The van der Waals surface area contributed by atoms with Crippen molar-refractivity contribution in [3.63, 3.8) is 0 Å². The Hall–Kier alpha value is -1.68. The second kappa shape index (κ2) is 11.8. The molecule has 0 aliphatic carbocycles. The second-order valence-electron chi connectivity index (χ2n) is 6.26. The number of rotatable bonds is 12. The molecule has 1 aromatic heterocycles. The van der Waals surface area contributed by atoms with Gasteiger partial charge in [0, 0.05) is 12.0 Å². The second-order valence-corrected chi connectivity index (χ2v) is 7.32. The third-order valence-electron chi connectivity index (χ3n) is 4.03. The number of ether oxygens (including phenoxy) is 1. The number of hydrogen-bond acceptors (Lipinski definition) is 4. The fourth-order valence-corrected chi connectivity index (χ4v) is 3.43. The van der Waals surface area contributed by atoms with Crippen LogP contribution in [-0.2, 0) is 6.42 Å². The lowest BCUT2D eigenvalue weighted by atomic mass is 10.1. The molecule has 4 heteroatoms. The number of allylic oxidation sites excluding steroid dienone is 1. The van der Waals surface area contributed by atoms with Crippen LogP contribution >= 0.6 is 11.3 Å². The van der Waals surface area contributed by atoms with Crippen molar-refractivity contribution < 1.29 is 4.74 Å². The lowest BCUT2D eigenvalue weighted by Gasteiger charge is -2.03. The van der Waals surface area contributed by atoms with Crippen LogP contribution in [0.5, 0.6) is 5.75 Å². The lowest BCUT2D eigenvalue weighted by Crippen LogP contribution is -1.92. The van der Waals surface area contributed by atoms with Crippen molar-refractivity contribution in [2.24, 2.45) is 0 Å². The Morgan fingerprint density at radius 2 is 1.72 bits per heavy atom. The number of aryl methyl sites for hydroxylation is 1. The molecule has 0 fully saturated rings. The first-order valence-electron chi connectivity index (χ1n) is 9.54. The topological polar surface area (TPSA) is 35.0 Å². The molecule has 0 bridgehead atoms. The highest BCUT2D eigenvalue weighted by Crippen LogP contribution is 2.26. The summed E-state index contributed by atoms with van der Waals surface area (Å²) >= 11 is 1.71. The molecule has 0 unspecified atom stereocenters. The van der Waals surface area contributed by atoms with E-state index in [4.69, 9.17) is 4.74 Å². The Labute approximate surface area is 156 Å². The summed E-state index contributed by atoms with van der Waals surface area (Å²) in [5, 5.41) is 10.8. The van der Waals surface area contributed by atoms with E-state index in [9.17, 15) is 0 Å². The van der Waals surface area contributed by atoms with E-state index in [2.05, 4.69) is 48.3 Å². The molecule has 2 aromatic rings. The minimum absolute atomic E-state index is 0.625. The van der Waals surface area contributed by atoms with Gasteiger partial charge in [0.25, 0.3) is 0 Å². The van der Waals surface area contributed by atoms with Gasteiger partial charge in [-0.25, -0.2) is 0 Å². The van der Waals surface area contributed by atoms with Gasteiger partial charge in [-0.15, -0.1) is 10.2 Å². The van der Waals surface area contributed by atoms with E-state index in [1.807, 2.05) is 12.1 Å². The summed E-state index contributed by atoms with van der Waals surface area (Å²) in [6.07, 6.45) is 14.0. The number of unbranched alkanes of at least 4 members (excludes halogenated alkanes) is 5. The van der Waals surface area contributed by atoms with E-state index in [0.29, 0.717) is 6.61 Å². The lowest BCUT2D eigenvalue weighted by molar-refractivity contribution is 0.362. The molecule has 0 radical (unpaired) electrons. The van der Waals surface area contributed by atoms with Gasteiger partial charge in [0.05, 0.1) is 0 Å². The summed E-state index contributed by atoms with van der Waals surface area (Å²) in [6, 6.07) is 8.15. The van der Waals surface area contributed by atoms with E-state index < -0.39 is 0 Å². The van der Waals surface area contributed by atoms with Gasteiger partial charge in [-0.2, -0.15) is 0 Å². The molecule has 0 aliphatic heterocycles. The summed E-state index contributed by atoms with van der Waals surface area (Å²) in [4.78, 5) is 0. The molecule has 0 amide bonds. The molecule has 136 valence electrons. The van der Waals surface area contributed by atoms with Gasteiger partial charge in [-0.05, 0) is 37.1 Å². The maximum Gasteiger partial charge on any atom is 0.147 e. The molecule has 3 nitrogen and oxygen atoms in total. The Balaban J connectivity index is 1.79. The normalized spacial score (nSPS) is 11.3. The van der Waals surface area contributed by atoms with Gasteiger partial charge >= 0.3 is 0 Å². The van der Waals surface area contributed by atoms with E-state index in [1.165, 1.54) is 38.5 Å². The van der Waals surface area contributed by atoms with Gasteiger partial charge in [0.1, 0.15) is 22.4 Å². The van der Waals surface area contributed by atoms with E-state index >= 15 is 0 Å². The minimum atomic E-state index is 0.625. The maximum absolute atomic E-state index is 5.71. The average Bonchev–Trinajstić information content (AvgIpc) is 3.11. The van der Waals surface area contributed by atoms with Crippen molar-refractivity contribution in [3.05, 3.63) is 41.4 Å². The van der Waals surface area contributed by atoms with E-state index in [0.717, 1.165) is 34.2 Å². The zero-order valence-electron chi connectivity index (χ0n) is 15.5. The number of aromatic nitrogens is 2. The van der Waals surface area contributed by atoms with Crippen LogP contribution in [0.1, 0.15) is 63.8 Å². The van der Waals surface area contributed by atoms with Crippen molar-refractivity contribution in [1.29, 1.82) is 0 Å².